The van der Waals surface area contributed by atoms with E-state index in [1.54, 1.807) is 0 Å². The van der Waals surface area contributed by atoms with E-state index in [0.29, 0.717) is 5.92 Å². The summed E-state index contributed by atoms with van der Waals surface area (Å²) in [6.07, 6.45) is 4.12. The van der Waals surface area contributed by atoms with Crippen LogP contribution in [0.25, 0.3) is 0 Å². The maximum Gasteiger partial charge on any atom is 0.317 e. The Morgan fingerprint density at radius 2 is 1.81 bits per heavy atom. The molecule has 0 aliphatic heterocycles. The van der Waals surface area contributed by atoms with E-state index >= 15 is 0 Å². The van der Waals surface area contributed by atoms with Crippen molar-refractivity contribution in [2.45, 2.75) is 64.0 Å². The van der Waals surface area contributed by atoms with Crippen LogP contribution in [0.15, 0.2) is 24.3 Å². The molecule has 1 aromatic rings. The molecule has 2 saturated carbocycles. The number of benzene rings is 1. The van der Waals surface area contributed by atoms with Crippen LogP contribution in [-0.2, 0) is 15.0 Å². The van der Waals surface area contributed by atoms with Crippen molar-refractivity contribution >= 4 is 11.9 Å². The Hall–Kier alpha value is -1.88. The van der Waals surface area contributed by atoms with Crippen LogP contribution in [0.4, 0.5) is 0 Å². The molecule has 0 radical (unpaired) electrons. The topological polar surface area (TPSA) is 69.6 Å². The van der Waals surface area contributed by atoms with Gasteiger partial charge < -0.3 is 10.4 Å². The van der Waals surface area contributed by atoms with Crippen LogP contribution >= 0.6 is 0 Å². The Labute approximate surface area is 155 Å². The normalized spacial score (nSPS) is 22.8. The highest BCUT2D eigenvalue weighted by atomic mass is 16.4. The highest BCUT2D eigenvalue weighted by Crippen LogP contribution is 2.34. The van der Waals surface area contributed by atoms with Crippen molar-refractivity contribution in [3.63, 3.8) is 0 Å². The first kappa shape index (κ1) is 18.9. The molecule has 0 aromatic heterocycles. The summed E-state index contributed by atoms with van der Waals surface area (Å²) in [6.45, 7) is 6.93. The van der Waals surface area contributed by atoms with E-state index in [9.17, 15) is 9.59 Å². The van der Waals surface area contributed by atoms with Gasteiger partial charge in [-0.05, 0) is 57.9 Å². The lowest BCUT2D eigenvalue weighted by atomic mass is 9.80. The molecule has 2 aliphatic rings. The van der Waals surface area contributed by atoms with Gasteiger partial charge >= 0.3 is 5.97 Å². The highest BCUT2D eigenvalue weighted by molar-refractivity contribution is 5.87. The fourth-order valence-electron chi connectivity index (χ4n) is 3.62. The van der Waals surface area contributed by atoms with Crippen molar-refractivity contribution in [1.82, 2.24) is 10.2 Å². The third-order valence-electron chi connectivity index (χ3n) is 5.83. The number of nitrogens with one attached hydrogen (secondary N) is 1. The van der Waals surface area contributed by atoms with Gasteiger partial charge in [0.05, 0.1) is 12.0 Å². The zero-order valence-electron chi connectivity index (χ0n) is 16.0. The molecule has 5 nitrogen and oxygen atoms in total. The number of carbonyl (C=O) groups excluding carboxylic acids is 1. The number of amides is 1. The van der Waals surface area contributed by atoms with Gasteiger partial charge in [-0.25, -0.2) is 0 Å². The summed E-state index contributed by atoms with van der Waals surface area (Å²) in [5, 5.41) is 12.3. The Balaban J connectivity index is 1.52. The number of hydrogen-bond acceptors (Lipinski definition) is 3. The second kappa shape index (κ2) is 7.39. The van der Waals surface area contributed by atoms with E-state index in [2.05, 4.69) is 10.2 Å². The van der Waals surface area contributed by atoms with Gasteiger partial charge in [0.25, 0.3) is 0 Å². The van der Waals surface area contributed by atoms with Crippen LogP contribution in [0, 0.1) is 12.8 Å². The maximum absolute atomic E-state index is 12.8. The number of aryl methyl sites for hydroxylation is 1. The lowest BCUT2D eigenvalue weighted by Gasteiger charge is -2.43. The average molecular weight is 358 g/mol. The SMILES string of the molecule is Cc1ccc(C(C)(C)C(=O)NC2CC(N(CC(=O)O)CC3CC3)C2)cc1. The van der Waals surface area contributed by atoms with Crippen molar-refractivity contribution in [3.05, 3.63) is 35.4 Å². The number of carbonyl (C=O) groups is 2. The minimum absolute atomic E-state index is 0.0387. The Morgan fingerprint density at radius 1 is 1.19 bits per heavy atom. The van der Waals surface area contributed by atoms with Gasteiger partial charge in [-0.15, -0.1) is 0 Å². The second-order valence-electron chi connectivity index (χ2n) is 8.55. The number of hydrogen-bond donors (Lipinski definition) is 2. The fraction of sp³-hybridized carbons (Fsp3) is 0.619. The molecule has 0 atom stereocenters. The lowest BCUT2D eigenvalue weighted by molar-refractivity contribution is -0.140. The summed E-state index contributed by atoms with van der Waals surface area (Å²) < 4.78 is 0. The molecule has 3 rings (SSSR count). The molecule has 0 spiro atoms. The fourth-order valence-corrected chi connectivity index (χ4v) is 3.62. The molecule has 5 heteroatoms. The van der Waals surface area contributed by atoms with Crippen LogP contribution in [0.2, 0.25) is 0 Å². The predicted octanol–water partition coefficient (Wildman–Crippen LogP) is 2.72. The molecule has 2 aliphatic carbocycles. The third kappa shape index (κ3) is 4.44. The molecule has 0 bridgehead atoms. The first-order valence-corrected chi connectivity index (χ1v) is 9.59. The number of rotatable bonds is 8. The quantitative estimate of drug-likeness (QED) is 0.750. The van der Waals surface area contributed by atoms with Gasteiger partial charge in [0.2, 0.25) is 5.91 Å². The summed E-state index contributed by atoms with van der Waals surface area (Å²) in [6, 6.07) is 8.52. The third-order valence-corrected chi connectivity index (χ3v) is 5.83. The van der Waals surface area contributed by atoms with Crippen molar-refractivity contribution in [3.8, 4) is 0 Å². The number of carboxylic acids is 1. The minimum Gasteiger partial charge on any atom is -0.480 e. The van der Waals surface area contributed by atoms with E-state index in [1.165, 1.54) is 18.4 Å². The zero-order chi connectivity index (χ0) is 18.9. The van der Waals surface area contributed by atoms with Gasteiger partial charge in [0, 0.05) is 18.6 Å². The number of aliphatic carboxylic acids is 1. The molecule has 0 unspecified atom stereocenters. The van der Waals surface area contributed by atoms with Gasteiger partial charge in [0.15, 0.2) is 0 Å². The monoisotopic (exact) mass is 358 g/mol. The van der Waals surface area contributed by atoms with E-state index in [-0.39, 0.29) is 24.5 Å². The summed E-state index contributed by atoms with van der Waals surface area (Å²) in [7, 11) is 0. The highest BCUT2D eigenvalue weighted by Gasteiger charge is 2.39. The van der Waals surface area contributed by atoms with Crippen LogP contribution in [-0.4, -0.2) is 47.1 Å². The Morgan fingerprint density at radius 3 is 2.35 bits per heavy atom. The summed E-state index contributed by atoms with van der Waals surface area (Å²) in [5.74, 6) is -0.0566. The van der Waals surface area contributed by atoms with Crippen LogP contribution in [0.5, 0.6) is 0 Å². The van der Waals surface area contributed by atoms with Crippen molar-refractivity contribution < 1.29 is 14.7 Å². The Bertz CT molecular complexity index is 658. The molecule has 2 N–H and O–H groups in total. The number of carboxylic acid groups (broad SMARTS) is 1. The lowest BCUT2D eigenvalue weighted by Crippen LogP contribution is -2.57. The average Bonchev–Trinajstić information content (AvgIpc) is 3.33. The van der Waals surface area contributed by atoms with E-state index in [4.69, 9.17) is 5.11 Å². The Kier molecular flexibility index (Phi) is 5.37. The molecule has 0 heterocycles. The summed E-state index contributed by atoms with van der Waals surface area (Å²) >= 11 is 0. The summed E-state index contributed by atoms with van der Waals surface area (Å²) in [5.41, 5.74) is 1.62. The molecule has 1 amide bonds. The van der Waals surface area contributed by atoms with Gasteiger partial charge in [-0.2, -0.15) is 0 Å². The second-order valence-corrected chi connectivity index (χ2v) is 8.55. The van der Waals surface area contributed by atoms with Gasteiger partial charge in [-0.3, -0.25) is 14.5 Å². The molecular weight excluding hydrogens is 328 g/mol. The minimum atomic E-state index is -0.765. The van der Waals surface area contributed by atoms with Crippen LogP contribution in [0.3, 0.4) is 0 Å². The molecule has 2 fully saturated rings. The van der Waals surface area contributed by atoms with Crippen molar-refractivity contribution in [1.29, 1.82) is 0 Å². The first-order valence-electron chi connectivity index (χ1n) is 9.59. The van der Waals surface area contributed by atoms with E-state index in [1.807, 2.05) is 45.0 Å². The van der Waals surface area contributed by atoms with Gasteiger partial charge in [-0.1, -0.05) is 29.8 Å². The summed E-state index contributed by atoms with van der Waals surface area (Å²) in [4.78, 5) is 26.0. The number of nitrogens with zero attached hydrogens (tertiary/aromatic N) is 1. The van der Waals surface area contributed by atoms with Crippen LogP contribution < -0.4 is 5.32 Å². The molecular formula is C21H30N2O3. The molecule has 26 heavy (non-hydrogen) atoms. The molecule has 1 aromatic carbocycles. The largest absolute Gasteiger partial charge is 0.480 e. The molecule has 0 saturated heterocycles. The first-order chi connectivity index (χ1) is 12.3. The van der Waals surface area contributed by atoms with Gasteiger partial charge in [0.1, 0.15) is 0 Å². The predicted molar refractivity (Wildman–Crippen MR) is 101 cm³/mol. The smallest absolute Gasteiger partial charge is 0.317 e. The van der Waals surface area contributed by atoms with E-state index < -0.39 is 11.4 Å². The maximum atomic E-state index is 12.8. The standard InChI is InChI=1S/C21H30N2O3/c1-14-4-8-16(9-5-14)21(2,3)20(26)22-17-10-18(11-17)23(13-19(24)25)12-15-6-7-15/h4-5,8-9,15,17-18H,6-7,10-13H2,1-3H3,(H,22,26)(H,24,25). The van der Waals surface area contributed by atoms with Crippen molar-refractivity contribution in [2.75, 3.05) is 13.1 Å². The van der Waals surface area contributed by atoms with E-state index in [0.717, 1.165) is 24.9 Å². The van der Waals surface area contributed by atoms with Crippen molar-refractivity contribution in [2.24, 2.45) is 5.92 Å². The molecule has 142 valence electrons. The zero-order valence-corrected chi connectivity index (χ0v) is 16.0. The van der Waals surface area contributed by atoms with Crippen LogP contribution in [0.1, 0.15) is 50.7 Å².